The molecule has 1 aromatic heterocycles. The summed E-state index contributed by atoms with van der Waals surface area (Å²) in [4.78, 5) is 18.0. The minimum absolute atomic E-state index is 0.0374. The molecule has 0 aliphatic carbocycles. The van der Waals surface area contributed by atoms with Gasteiger partial charge in [0.05, 0.1) is 23.4 Å². The second-order valence-electron chi connectivity index (χ2n) is 4.18. The molecular formula is C13H14BrN3OS. The lowest BCUT2D eigenvalue weighted by molar-refractivity contribution is -0.117. The Balaban J connectivity index is 1.86. The van der Waals surface area contributed by atoms with E-state index in [1.165, 1.54) is 0 Å². The Hall–Kier alpha value is -1.24. The summed E-state index contributed by atoms with van der Waals surface area (Å²) in [6, 6.07) is 7.56. The zero-order valence-electron chi connectivity index (χ0n) is 10.5. The Morgan fingerprint density at radius 1 is 1.47 bits per heavy atom. The number of likely N-dealkylation sites (N-methyl/N-ethyl adjacent to an activating group) is 1. The van der Waals surface area contributed by atoms with Gasteiger partial charge in [0, 0.05) is 16.4 Å². The number of anilines is 1. The van der Waals surface area contributed by atoms with Crippen LogP contribution in [0.15, 0.2) is 39.6 Å². The molecule has 1 amide bonds. The lowest BCUT2D eigenvalue weighted by Crippen LogP contribution is -2.30. The van der Waals surface area contributed by atoms with Crippen molar-refractivity contribution < 1.29 is 4.79 Å². The lowest BCUT2D eigenvalue weighted by Gasteiger charge is -2.15. The number of halogens is 1. The quantitative estimate of drug-likeness (QED) is 0.910. The number of hydrogen-bond acceptors (Lipinski definition) is 4. The summed E-state index contributed by atoms with van der Waals surface area (Å²) in [7, 11) is 1.90. The average Bonchev–Trinajstić information content (AvgIpc) is 2.84. The second-order valence-corrected chi connectivity index (χ2v) is 5.75. The first-order valence-electron chi connectivity index (χ1n) is 5.75. The number of thiazole rings is 1. The number of benzene rings is 1. The molecule has 0 saturated carbocycles. The van der Waals surface area contributed by atoms with Crippen molar-refractivity contribution in [2.24, 2.45) is 0 Å². The van der Waals surface area contributed by atoms with Gasteiger partial charge in [0.1, 0.15) is 0 Å². The van der Waals surface area contributed by atoms with Crippen LogP contribution < -0.4 is 5.32 Å². The molecule has 0 atom stereocenters. The molecule has 0 fully saturated rings. The number of carbonyl (C=O) groups is 1. The molecule has 100 valence electrons. The van der Waals surface area contributed by atoms with Crippen LogP contribution >= 0.6 is 27.3 Å². The molecule has 6 heteroatoms. The van der Waals surface area contributed by atoms with E-state index in [1.54, 1.807) is 16.8 Å². The minimum Gasteiger partial charge on any atom is -0.324 e. The zero-order valence-corrected chi connectivity index (χ0v) is 12.9. The van der Waals surface area contributed by atoms with Gasteiger partial charge < -0.3 is 5.32 Å². The molecule has 0 radical (unpaired) electrons. The van der Waals surface area contributed by atoms with Crippen LogP contribution in [0.3, 0.4) is 0 Å². The predicted octanol–water partition coefficient (Wildman–Crippen LogP) is 2.98. The Kier molecular flexibility index (Phi) is 5.07. The number of carbonyl (C=O) groups excluding carboxylic acids is 1. The fourth-order valence-corrected chi connectivity index (χ4v) is 2.58. The van der Waals surface area contributed by atoms with Gasteiger partial charge >= 0.3 is 0 Å². The third kappa shape index (κ3) is 4.41. The standard InChI is InChI=1S/C13H14BrN3OS/c1-17(6-10-8-19-9-15-10)7-13(18)16-12-5-3-2-4-11(12)14/h2-5,8-9H,6-7H2,1H3,(H,16,18). The number of aromatic nitrogens is 1. The van der Waals surface area contributed by atoms with Gasteiger partial charge in [-0.15, -0.1) is 11.3 Å². The molecule has 0 spiro atoms. The summed E-state index contributed by atoms with van der Waals surface area (Å²) in [6.07, 6.45) is 0. The third-order valence-corrected chi connectivity index (χ3v) is 3.80. The highest BCUT2D eigenvalue weighted by atomic mass is 79.9. The zero-order chi connectivity index (χ0) is 13.7. The van der Waals surface area contributed by atoms with Crippen LogP contribution in [0.2, 0.25) is 0 Å². The Labute approximate surface area is 124 Å². The summed E-state index contributed by atoms with van der Waals surface area (Å²) in [5.74, 6) is -0.0374. The van der Waals surface area contributed by atoms with Gasteiger partial charge in [-0.2, -0.15) is 0 Å². The third-order valence-electron chi connectivity index (χ3n) is 2.48. The predicted molar refractivity (Wildman–Crippen MR) is 81.2 cm³/mol. The van der Waals surface area contributed by atoms with Gasteiger partial charge in [-0.3, -0.25) is 9.69 Å². The monoisotopic (exact) mass is 339 g/mol. The molecule has 1 heterocycles. The molecule has 0 bridgehead atoms. The molecule has 1 N–H and O–H groups in total. The van der Waals surface area contributed by atoms with Crippen molar-refractivity contribution in [3.8, 4) is 0 Å². The summed E-state index contributed by atoms with van der Waals surface area (Å²) >= 11 is 4.96. The van der Waals surface area contributed by atoms with Crippen molar-refractivity contribution in [2.75, 3.05) is 18.9 Å². The molecule has 4 nitrogen and oxygen atoms in total. The Morgan fingerprint density at radius 2 is 2.26 bits per heavy atom. The lowest BCUT2D eigenvalue weighted by atomic mass is 10.3. The first kappa shape index (κ1) is 14.2. The van der Waals surface area contributed by atoms with E-state index >= 15 is 0 Å². The number of nitrogens with one attached hydrogen (secondary N) is 1. The topological polar surface area (TPSA) is 45.2 Å². The van der Waals surface area contributed by atoms with E-state index in [-0.39, 0.29) is 5.91 Å². The van der Waals surface area contributed by atoms with E-state index in [0.717, 1.165) is 15.9 Å². The smallest absolute Gasteiger partial charge is 0.238 e. The first-order valence-corrected chi connectivity index (χ1v) is 7.48. The molecule has 2 aromatic rings. The van der Waals surface area contributed by atoms with Crippen molar-refractivity contribution in [1.29, 1.82) is 0 Å². The van der Waals surface area contributed by atoms with Gasteiger partial charge in [0.15, 0.2) is 0 Å². The Bertz CT molecular complexity index is 545. The molecule has 1 aromatic carbocycles. The number of nitrogens with zero attached hydrogens (tertiary/aromatic N) is 2. The van der Waals surface area contributed by atoms with Crippen molar-refractivity contribution in [1.82, 2.24) is 9.88 Å². The molecule has 0 aliphatic rings. The van der Waals surface area contributed by atoms with Gasteiger partial charge in [0.25, 0.3) is 0 Å². The normalized spacial score (nSPS) is 10.7. The van der Waals surface area contributed by atoms with Crippen molar-refractivity contribution in [3.63, 3.8) is 0 Å². The van der Waals surface area contributed by atoms with Crippen LogP contribution in [0.4, 0.5) is 5.69 Å². The van der Waals surface area contributed by atoms with E-state index in [2.05, 4.69) is 26.2 Å². The van der Waals surface area contributed by atoms with Crippen LogP contribution in [0.25, 0.3) is 0 Å². The number of rotatable bonds is 5. The maximum atomic E-state index is 11.9. The molecule has 0 aliphatic heterocycles. The van der Waals surface area contributed by atoms with Gasteiger partial charge in [0.2, 0.25) is 5.91 Å². The van der Waals surface area contributed by atoms with E-state index in [1.807, 2.05) is 41.6 Å². The fourth-order valence-electron chi connectivity index (χ4n) is 1.65. The van der Waals surface area contributed by atoms with Crippen LogP contribution in [0, 0.1) is 0 Å². The SMILES string of the molecule is CN(CC(=O)Nc1ccccc1Br)Cc1cscn1. The molecular weight excluding hydrogens is 326 g/mol. The minimum atomic E-state index is -0.0374. The van der Waals surface area contributed by atoms with Gasteiger partial charge in [-0.1, -0.05) is 12.1 Å². The second kappa shape index (κ2) is 6.79. The highest BCUT2D eigenvalue weighted by molar-refractivity contribution is 9.10. The van der Waals surface area contributed by atoms with Crippen LogP contribution in [0.1, 0.15) is 5.69 Å². The van der Waals surface area contributed by atoms with E-state index in [9.17, 15) is 4.79 Å². The average molecular weight is 340 g/mol. The van der Waals surface area contributed by atoms with E-state index in [4.69, 9.17) is 0 Å². The van der Waals surface area contributed by atoms with E-state index < -0.39 is 0 Å². The summed E-state index contributed by atoms with van der Waals surface area (Å²) in [5, 5.41) is 4.86. The molecule has 2 rings (SSSR count). The van der Waals surface area contributed by atoms with Gasteiger partial charge in [-0.05, 0) is 35.1 Å². The maximum absolute atomic E-state index is 11.9. The number of amides is 1. The van der Waals surface area contributed by atoms with E-state index in [0.29, 0.717) is 13.1 Å². The van der Waals surface area contributed by atoms with Crippen molar-refractivity contribution in [2.45, 2.75) is 6.54 Å². The van der Waals surface area contributed by atoms with Crippen LogP contribution in [0.5, 0.6) is 0 Å². The maximum Gasteiger partial charge on any atom is 0.238 e. The largest absolute Gasteiger partial charge is 0.324 e. The highest BCUT2D eigenvalue weighted by Gasteiger charge is 2.09. The first-order chi connectivity index (χ1) is 9.15. The molecule has 19 heavy (non-hydrogen) atoms. The molecule has 0 unspecified atom stereocenters. The van der Waals surface area contributed by atoms with Gasteiger partial charge in [-0.25, -0.2) is 4.98 Å². The fraction of sp³-hybridized carbons (Fsp3) is 0.231. The van der Waals surface area contributed by atoms with Crippen molar-refractivity contribution in [3.05, 3.63) is 45.3 Å². The number of hydrogen-bond donors (Lipinski definition) is 1. The summed E-state index contributed by atoms with van der Waals surface area (Å²) in [5.41, 5.74) is 3.57. The van der Waals surface area contributed by atoms with Crippen molar-refractivity contribution >= 4 is 38.9 Å². The molecule has 0 saturated heterocycles. The Morgan fingerprint density at radius 3 is 2.95 bits per heavy atom. The highest BCUT2D eigenvalue weighted by Crippen LogP contribution is 2.20. The van der Waals surface area contributed by atoms with Crippen LogP contribution in [-0.2, 0) is 11.3 Å². The number of para-hydroxylation sites is 1. The summed E-state index contributed by atoms with van der Waals surface area (Å²) in [6.45, 7) is 1.01. The summed E-state index contributed by atoms with van der Waals surface area (Å²) < 4.78 is 0.880. The van der Waals surface area contributed by atoms with Crippen LogP contribution in [-0.4, -0.2) is 29.4 Å².